The van der Waals surface area contributed by atoms with Crippen molar-refractivity contribution in [3.05, 3.63) is 92.3 Å². The number of carbonyl (C=O) groups is 1. The number of hydrogen-bond donors (Lipinski definition) is 1. The first-order valence-electron chi connectivity index (χ1n) is 9.96. The van der Waals surface area contributed by atoms with Crippen LogP contribution in [-0.4, -0.2) is 10.5 Å². The lowest BCUT2D eigenvalue weighted by molar-refractivity contribution is 0.0937. The predicted molar refractivity (Wildman–Crippen MR) is 123 cm³/mol. The molecule has 1 aromatic heterocycles. The Bertz CT molecular complexity index is 1090. The predicted octanol–water partition coefficient (Wildman–Crippen LogP) is 6.11. The van der Waals surface area contributed by atoms with Crippen LogP contribution < -0.4 is 10.9 Å². The fourth-order valence-electron chi connectivity index (χ4n) is 3.26. The highest BCUT2D eigenvalue weighted by Crippen LogP contribution is 2.30. The van der Waals surface area contributed by atoms with E-state index in [9.17, 15) is 9.59 Å². The Morgan fingerprint density at radius 3 is 2.53 bits per heavy atom. The molecule has 156 valence electrons. The summed E-state index contributed by atoms with van der Waals surface area (Å²) in [5.41, 5.74) is 2.09. The van der Waals surface area contributed by atoms with E-state index in [1.54, 1.807) is 35.0 Å². The van der Waals surface area contributed by atoms with Gasteiger partial charge in [0.1, 0.15) is 5.56 Å². The molecule has 0 aliphatic carbocycles. The Kier molecular flexibility index (Phi) is 7.35. The quantitative estimate of drug-likeness (QED) is 0.479. The summed E-state index contributed by atoms with van der Waals surface area (Å²) in [5, 5.41) is 3.97. The third-order valence-corrected chi connectivity index (χ3v) is 5.53. The molecule has 0 radical (unpaired) electrons. The lowest BCUT2D eigenvalue weighted by Gasteiger charge is -2.16. The molecule has 0 bridgehead atoms. The maximum absolute atomic E-state index is 13.0. The molecule has 1 atom stereocenters. The molecule has 2 aromatic carbocycles. The fraction of sp³-hybridized carbons (Fsp3) is 0.250. The Morgan fingerprint density at radius 2 is 1.83 bits per heavy atom. The zero-order chi connectivity index (χ0) is 21.7. The fourth-order valence-corrected chi connectivity index (χ4v) is 3.66. The van der Waals surface area contributed by atoms with Gasteiger partial charge in [0.25, 0.3) is 11.5 Å². The van der Waals surface area contributed by atoms with Crippen LogP contribution in [0, 0.1) is 0 Å². The van der Waals surface area contributed by atoms with Crippen molar-refractivity contribution in [2.24, 2.45) is 0 Å². The van der Waals surface area contributed by atoms with Crippen molar-refractivity contribution in [1.82, 2.24) is 9.88 Å². The van der Waals surface area contributed by atoms with Gasteiger partial charge in [-0.15, -0.1) is 0 Å². The maximum Gasteiger partial charge on any atom is 0.263 e. The Morgan fingerprint density at radius 1 is 1.10 bits per heavy atom. The van der Waals surface area contributed by atoms with Gasteiger partial charge >= 0.3 is 0 Å². The number of hydrogen-bond acceptors (Lipinski definition) is 2. The van der Waals surface area contributed by atoms with Crippen molar-refractivity contribution < 1.29 is 4.79 Å². The van der Waals surface area contributed by atoms with Gasteiger partial charge in [0, 0.05) is 33.9 Å². The van der Waals surface area contributed by atoms with Crippen LogP contribution in [0.25, 0.3) is 11.1 Å². The smallest absolute Gasteiger partial charge is 0.263 e. The number of amides is 1. The Balaban J connectivity index is 2.03. The molecular weight excluding hydrogens is 419 g/mol. The number of nitrogens with zero attached hydrogens (tertiary/aromatic N) is 1. The van der Waals surface area contributed by atoms with E-state index in [4.69, 9.17) is 23.2 Å². The van der Waals surface area contributed by atoms with Crippen LogP contribution in [-0.2, 0) is 6.54 Å². The molecule has 6 heteroatoms. The molecule has 1 amide bonds. The third-order valence-electron chi connectivity index (χ3n) is 4.97. The number of benzene rings is 2. The van der Waals surface area contributed by atoms with Gasteiger partial charge in [-0.2, -0.15) is 0 Å². The standard InChI is InChI=1S/C24H24Cl2N2O2/c1-3-4-12-28-15-18(20-14-19(25)10-11-22(20)26)13-21(24(28)30)23(29)27-16(2)17-8-6-5-7-9-17/h5-11,13-16H,3-4,12H2,1-2H3,(H,27,29). The zero-order valence-corrected chi connectivity index (χ0v) is 18.5. The molecule has 4 nitrogen and oxygen atoms in total. The summed E-state index contributed by atoms with van der Waals surface area (Å²) in [5.74, 6) is -0.415. The second-order valence-corrected chi connectivity index (χ2v) is 8.07. The topological polar surface area (TPSA) is 51.1 Å². The van der Waals surface area contributed by atoms with E-state index in [2.05, 4.69) is 12.2 Å². The summed E-state index contributed by atoms with van der Waals surface area (Å²) >= 11 is 12.5. The molecular formula is C24H24Cl2N2O2. The molecule has 3 aromatic rings. The highest BCUT2D eigenvalue weighted by molar-refractivity contribution is 6.35. The Hall–Kier alpha value is -2.56. The summed E-state index contributed by atoms with van der Waals surface area (Å²) in [6.45, 7) is 4.47. The molecule has 0 saturated heterocycles. The van der Waals surface area contributed by atoms with Crippen LogP contribution in [0.1, 0.15) is 48.7 Å². The summed E-state index contributed by atoms with van der Waals surface area (Å²) in [6.07, 6.45) is 3.50. The minimum Gasteiger partial charge on any atom is -0.345 e. The number of carbonyl (C=O) groups excluding carboxylic acids is 1. The van der Waals surface area contributed by atoms with Gasteiger partial charge in [-0.05, 0) is 43.2 Å². The molecule has 0 aliphatic heterocycles. The zero-order valence-electron chi connectivity index (χ0n) is 17.0. The number of aryl methyl sites for hydroxylation is 1. The largest absolute Gasteiger partial charge is 0.345 e. The van der Waals surface area contributed by atoms with E-state index in [1.165, 1.54) is 0 Å². The maximum atomic E-state index is 13.0. The van der Waals surface area contributed by atoms with Crippen molar-refractivity contribution in [3.8, 4) is 11.1 Å². The highest BCUT2D eigenvalue weighted by atomic mass is 35.5. The summed E-state index contributed by atoms with van der Waals surface area (Å²) in [6, 6.07) is 16.1. The normalized spacial score (nSPS) is 11.9. The molecule has 0 fully saturated rings. The van der Waals surface area contributed by atoms with Crippen molar-refractivity contribution >= 4 is 29.1 Å². The lowest BCUT2D eigenvalue weighted by Crippen LogP contribution is -2.34. The van der Waals surface area contributed by atoms with Gasteiger partial charge in [0.2, 0.25) is 0 Å². The van der Waals surface area contributed by atoms with Crippen molar-refractivity contribution in [2.45, 2.75) is 39.3 Å². The van der Waals surface area contributed by atoms with Crippen LogP contribution in [0.2, 0.25) is 10.0 Å². The Labute approximate surface area is 186 Å². The summed E-state index contributed by atoms with van der Waals surface area (Å²) in [4.78, 5) is 26.0. The molecule has 0 saturated carbocycles. The van der Waals surface area contributed by atoms with Crippen LogP contribution in [0.15, 0.2) is 65.6 Å². The SMILES string of the molecule is CCCCn1cc(-c2cc(Cl)ccc2Cl)cc(C(=O)NC(C)c2ccccc2)c1=O. The van der Waals surface area contributed by atoms with Gasteiger partial charge in [0.05, 0.1) is 6.04 Å². The van der Waals surface area contributed by atoms with E-state index in [-0.39, 0.29) is 17.2 Å². The van der Waals surface area contributed by atoms with E-state index < -0.39 is 5.91 Å². The van der Waals surface area contributed by atoms with E-state index >= 15 is 0 Å². The first-order valence-corrected chi connectivity index (χ1v) is 10.7. The number of halogens is 2. The van der Waals surface area contributed by atoms with E-state index in [0.29, 0.717) is 27.7 Å². The van der Waals surface area contributed by atoms with Gasteiger partial charge in [-0.1, -0.05) is 66.9 Å². The van der Waals surface area contributed by atoms with Gasteiger partial charge in [-0.3, -0.25) is 9.59 Å². The highest BCUT2D eigenvalue weighted by Gasteiger charge is 2.18. The van der Waals surface area contributed by atoms with Crippen molar-refractivity contribution in [1.29, 1.82) is 0 Å². The monoisotopic (exact) mass is 442 g/mol. The molecule has 1 heterocycles. The summed E-state index contributed by atoms with van der Waals surface area (Å²) in [7, 11) is 0. The number of pyridine rings is 1. The minimum absolute atomic E-state index is 0.0856. The van der Waals surface area contributed by atoms with Crippen LogP contribution in [0.4, 0.5) is 0 Å². The van der Waals surface area contributed by atoms with Crippen LogP contribution in [0.3, 0.4) is 0 Å². The first-order chi connectivity index (χ1) is 14.4. The van der Waals surface area contributed by atoms with Crippen LogP contribution in [0.5, 0.6) is 0 Å². The van der Waals surface area contributed by atoms with Crippen molar-refractivity contribution in [3.63, 3.8) is 0 Å². The second-order valence-electron chi connectivity index (χ2n) is 7.22. The second kappa shape index (κ2) is 9.96. The average molecular weight is 443 g/mol. The average Bonchev–Trinajstić information content (AvgIpc) is 2.75. The molecule has 0 aliphatic rings. The number of rotatable bonds is 7. The van der Waals surface area contributed by atoms with E-state index in [0.717, 1.165) is 18.4 Å². The third kappa shape index (κ3) is 5.13. The lowest BCUT2D eigenvalue weighted by atomic mass is 10.0. The number of unbranched alkanes of at least 4 members (excludes halogenated alkanes) is 1. The number of nitrogens with one attached hydrogen (secondary N) is 1. The van der Waals surface area contributed by atoms with Crippen molar-refractivity contribution in [2.75, 3.05) is 0 Å². The molecule has 3 rings (SSSR count). The van der Waals surface area contributed by atoms with Gasteiger partial charge in [-0.25, -0.2) is 0 Å². The summed E-state index contributed by atoms with van der Waals surface area (Å²) < 4.78 is 1.58. The number of aromatic nitrogens is 1. The van der Waals surface area contributed by atoms with Crippen LogP contribution >= 0.6 is 23.2 Å². The molecule has 1 unspecified atom stereocenters. The molecule has 1 N–H and O–H groups in total. The first kappa shape index (κ1) is 22.1. The van der Waals surface area contributed by atoms with E-state index in [1.807, 2.05) is 37.3 Å². The van der Waals surface area contributed by atoms with Gasteiger partial charge < -0.3 is 9.88 Å². The minimum atomic E-state index is -0.415. The molecule has 0 spiro atoms. The molecule has 30 heavy (non-hydrogen) atoms. The van der Waals surface area contributed by atoms with Gasteiger partial charge in [0.15, 0.2) is 0 Å².